The normalized spacial score (nSPS) is 12.3. The van der Waals surface area contributed by atoms with Crippen molar-refractivity contribution >= 4 is 105 Å². The van der Waals surface area contributed by atoms with Gasteiger partial charge in [0, 0.05) is 102 Å². The quantitative estimate of drug-likeness (QED) is 0.0897. The minimum atomic E-state index is -0.455. The van der Waals surface area contributed by atoms with Crippen LogP contribution in [0.2, 0.25) is 0 Å². The van der Waals surface area contributed by atoms with Crippen LogP contribution in [0.5, 0.6) is 0 Å². The zero-order valence-corrected chi connectivity index (χ0v) is 50.9. The molecule has 0 amide bonds. The van der Waals surface area contributed by atoms with Gasteiger partial charge >= 0.3 is 0 Å². The van der Waals surface area contributed by atoms with E-state index in [1.54, 1.807) is 0 Å². The molecule has 1 aliphatic rings. The molecule has 0 spiro atoms. The molecule has 0 bridgehead atoms. The molecule has 6 nitrogen and oxygen atoms in total. The molecule has 0 unspecified atom stereocenters. The van der Waals surface area contributed by atoms with E-state index in [0.29, 0.717) is 0 Å². The minimum Gasteiger partial charge on any atom is -0.310 e. The molecule has 13 aromatic carbocycles. The van der Waals surface area contributed by atoms with E-state index in [0.717, 1.165) is 117 Å². The van der Waals surface area contributed by atoms with E-state index < -0.39 is 5.41 Å². The number of hydrogen-bond acceptors (Lipinski definition) is 6. The van der Waals surface area contributed by atoms with Gasteiger partial charge in [-0.3, -0.25) is 15.0 Å². The summed E-state index contributed by atoms with van der Waals surface area (Å²) >= 11 is 0. The first-order valence-electron chi connectivity index (χ1n) is 31.5. The van der Waals surface area contributed by atoms with Crippen LogP contribution in [0, 0.1) is 0 Å². The summed E-state index contributed by atoms with van der Waals surface area (Å²) in [6, 6.07) is 113. The Kier molecular flexibility index (Phi) is 13.1. The summed E-state index contributed by atoms with van der Waals surface area (Å²) in [6.07, 6.45) is 5.62. The lowest BCUT2D eigenvalue weighted by Crippen LogP contribution is -2.17. The van der Waals surface area contributed by atoms with Crippen molar-refractivity contribution in [1.82, 2.24) is 15.0 Å². The molecule has 0 aliphatic heterocycles. The summed E-state index contributed by atoms with van der Waals surface area (Å²) in [4.78, 5) is 21.8. The average Bonchev–Trinajstić information content (AvgIpc) is 1.32. The predicted octanol–water partition coefficient (Wildman–Crippen LogP) is 23.4. The highest BCUT2D eigenvalue weighted by atomic mass is 15.2. The van der Waals surface area contributed by atoms with Gasteiger partial charge in [0.15, 0.2) is 0 Å². The van der Waals surface area contributed by atoms with Crippen LogP contribution >= 0.6 is 0 Å². The van der Waals surface area contributed by atoms with Gasteiger partial charge in [-0.05, 0) is 189 Å². The standard InChI is InChI=1S/C86H60N6/c1-86(2)79-54-72(90(69-41-45-81-63(51-69)23-14-48-87-81)66-34-28-60(29-35-66)57-17-6-3-7-18-57)40-44-73(79)76-55-77-78(56-80(76)86)85(92(71-43-47-83-65(53-71)25-16-50-89-83)68-38-32-62(33-39-68)59-21-10-5-11-22-59)75-27-13-12-26-74(75)84(77)91(70-42-46-82-64(52-70)24-15-49-88-82)67-36-30-61(31-37-67)58-19-8-4-9-20-58/h3-56H,1-2H3. The molecule has 3 heterocycles. The van der Waals surface area contributed by atoms with Gasteiger partial charge < -0.3 is 14.7 Å². The number of benzene rings is 13. The molecule has 3 aromatic heterocycles. The van der Waals surface area contributed by atoms with E-state index in [4.69, 9.17) is 15.0 Å². The van der Waals surface area contributed by atoms with Gasteiger partial charge in [-0.25, -0.2) is 0 Å². The van der Waals surface area contributed by atoms with Crippen LogP contribution in [-0.2, 0) is 5.41 Å². The third-order valence-corrected chi connectivity index (χ3v) is 18.7. The van der Waals surface area contributed by atoms with Crippen LogP contribution in [0.25, 0.3) is 98.8 Å². The number of rotatable bonds is 12. The first-order chi connectivity index (χ1) is 45.4. The molecule has 92 heavy (non-hydrogen) atoms. The number of anilines is 9. The second kappa shape index (κ2) is 22.2. The van der Waals surface area contributed by atoms with Crippen molar-refractivity contribution in [2.24, 2.45) is 0 Å². The fourth-order valence-corrected chi connectivity index (χ4v) is 14.1. The Hall–Kier alpha value is -12.0. The topological polar surface area (TPSA) is 48.4 Å². The van der Waals surface area contributed by atoms with Gasteiger partial charge in [0.25, 0.3) is 0 Å². The molecule has 0 N–H and O–H groups in total. The number of aromatic nitrogens is 3. The van der Waals surface area contributed by atoms with Crippen LogP contribution < -0.4 is 14.7 Å². The van der Waals surface area contributed by atoms with Crippen molar-refractivity contribution in [1.29, 1.82) is 0 Å². The Morgan fingerprint density at radius 3 is 0.989 bits per heavy atom. The van der Waals surface area contributed by atoms with Crippen molar-refractivity contribution in [3.05, 3.63) is 339 Å². The van der Waals surface area contributed by atoms with Gasteiger partial charge in [0.05, 0.1) is 27.9 Å². The molecule has 0 fully saturated rings. The lowest BCUT2D eigenvalue weighted by Gasteiger charge is -2.34. The van der Waals surface area contributed by atoms with Crippen molar-refractivity contribution < 1.29 is 0 Å². The SMILES string of the molecule is CC1(C)c2cc(N(c3ccc(-c4ccccc4)cc3)c3ccc4ncccc4c3)ccc2-c2cc3c(N(c4ccc(-c5ccccc5)cc4)c4ccc5ncccc5c4)c4ccccc4c(N(c4ccc(-c5ccccc5)cc4)c4ccc5ncccc5c4)c3cc21. The van der Waals surface area contributed by atoms with Crippen LogP contribution in [-0.4, -0.2) is 15.0 Å². The number of pyridine rings is 3. The molecule has 0 saturated carbocycles. The molecule has 6 heteroatoms. The Morgan fingerprint density at radius 2 is 0.565 bits per heavy atom. The fraction of sp³-hybridized carbons (Fsp3) is 0.0349. The monoisotopic (exact) mass is 1180 g/mol. The third kappa shape index (κ3) is 9.39. The van der Waals surface area contributed by atoms with E-state index in [1.165, 1.54) is 44.5 Å². The highest BCUT2D eigenvalue weighted by Gasteiger charge is 2.38. The number of fused-ring (bicyclic) bond motifs is 8. The zero-order valence-electron chi connectivity index (χ0n) is 50.9. The van der Waals surface area contributed by atoms with Crippen LogP contribution in [0.15, 0.2) is 328 Å². The molecule has 434 valence electrons. The second-order valence-corrected chi connectivity index (χ2v) is 24.4. The predicted molar refractivity (Wildman–Crippen MR) is 385 cm³/mol. The van der Waals surface area contributed by atoms with Crippen LogP contribution in [0.4, 0.5) is 51.2 Å². The zero-order chi connectivity index (χ0) is 61.3. The van der Waals surface area contributed by atoms with E-state index in [2.05, 4.69) is 320 Å². The van der Waals surface area contributed by atoms with Gasteiger partial charge in [0.2, 0.25) is 0 Å². The summed E-state index contributed by atoms with van der Waals surface area (Å²) in [7, 11) is 0. The molecule has 0 radical (unpaired) electrons. The first kappa shape index (κ1) is 54.2. The van der Waals surface area contributed by atoms with E-state index >= 15 is 0 Å². The average molecular weight is 1180 g/mol. The number of hydrogen-bond donors (Lipinski definition) is 0. The Morgan fingerprint density at radius 1 is 0.239 bits per heavy atom. The van der Waals surface area contributed by atoms with Gasteiger partial charge in [-0.1, -0.05) is 190 Å². The van der Waals surface area contributed by atoms with E-state index in [1.807, 2.05) is 36.8 Å². The highest BCUT2D eigenvalue weighted by molar-refractivity contribution is 6.24. The Labute approximate surface area is 534 Å². The molecular weight excluding hydrogens is 1120 g/mol. The van der Waals surface area contributed by atoms with Gasteiger partial charge in [-0.15, -0.1) is 0 Å². The van der Waals surface area contributed by atoms with E-state index in [9.17, 15) is 0 Å². The lowest BCUT2D eigenvalue weighted by molar-refractivity contribution is 0.661. The van der Waals surface area contributed by atoms with Crippen molar-refractivity contribution in [2.75, 3.05) is 14.7 Å². The van der Waals surface area contributed by atoms with Crippen LogP contribution in [0.1, 0.15) is 25.0 Å². The summed E-state index contributed by atoms with van der Waals surface area (Å²) < 4.78 is 0. The van der Waals surface area contributed by atoms with Gasteiger partial charge in [0.1, 0.15) is 0 Å². The summed E-state index contributed by atoms with van der Waals surface area (Å²) in [5.41, 5.74) is 23.8. The van der Waals surface area contributed by atoms with Crippen LogP contribution in [0.3, 0.4) is 0 Å². The third-order valence-electron chi connectivity index (χ3n) is 18.7. The molecular formula is C86H60N6. The Bertz CT molecular complexity index is 5480. The second-order valence-electron chi connectivity index (χ2n) is 24.4. The minimum absolute atomic E-state index is 0.455. The molecule has 16 aromatic rings. The molecule has 17 rings (SSSR count). The summed E-state index contributed by atoms with van der Waals surface area (Å²) in [6.45, 7) is 4.82. The summed E-state index contributed by atoms with van der Waals surface area (Å²) in [5.74, 6) is 0. The Balaban J connectivity index is 0.935. The number of nitrogens with zero attached hydrogens (tertiary/aromatic N) is 6. The van der Waals surface area contributed by atoms with E-state index in [-0.39, 0.29) is 0 Å². The maximum absolute atomic E-state index is 4.82. The first-order valence-corrected chi connectivity index (χ1v) is 31.5. The maximum Gasteiger partial charge on any atom is 0.0703 e. The van der Waals surface area contributed by atoms with Crippen molar-refractivity contribution in [3.63, 3.8) is 0 Å². The molecule has 0 saturated heterocycles. The lowest BCUT2D eigenvalue weighted by atomic mass is 9.81. The summed E-state index contributed by atoms with van der Waals surface area (Å²) in [5, 5.41) is 7.65. The maximum atomic E-state index is 4.82. The largest absolute Gasteiger partial charge is 0.310 e. The molecule has 0 atom stereocenters. The highest BCUT2D eigenvalue weighted by Crippen LogP contribution is 2.58. The van der Waals surface area contributed by atoms with Crippen molar-refractivity contribution in [3.8, 4) is 44.5 Å². The fourth-order valence-electron chi connectivity index (χ4n) is 14.1. The molecule has 1 aliphatic carbocycles. The van der Waals surface area contributed by atoms with Crippen molar-refractivity contribution in [2.45, 2.75) is 19.3 Å². The van der Waals surface area contributed by atoms with Gasteiger partial charge in [-0.2, -0.15) is 0 Å². The smallest absolute Gasteiger partial charge is 0.0703 e.